The Morgan fingerprint density at radius 2 is 2.00 bits per heavy atom. The van der Waals surface area contributed by atoms with Gasteiger partial charge in [-0.25, -0.2) is 0 Å². The predicted octanol–water partition coefficient (Wildman–Crippen LogP) is 3.63. The zero-order valence-electron chi connectivity index (χ0n) is 11.6. The highest BCUT2D eigenvalue weighted by molar-refractivity contribution is 6.30. The monoisotopic (exact) mass is 269 g/mol. The Hall–Kier alpha value is -0.570. The number of rotatable bonds is 8. The summed E-state index contributed by atoms with van der Waals surface area (Å²) < 4.78 is 5.07. The van der Waals surface area contributed by atoms with E-state index in [9.17, 15) is 0 Å². The summed E-state index contributed by atoms with van der Waals surface area (Å²) in [7, 11) is 1.73. The molecule has 1 aromatic rings. The van der Waals surface area contributed by atoms with Crippen LogP contribution in [0.1, 0.15) is 32.3 Å². The van der Waals surface area contributed by atoms with Crippen molar-refractivity contribution in [1.82, 2.24) is 5.32 Å². The highest BCUT2D eigenvalue weighted by Crippen LogP contribution is 2.32. The molecule has 0 aliphatic carbocycles. The van der Waals surface area contributed by atoms with Crippen molar-refractivity contribution in [2.24, 2.45) is 0 Å². The highest BCUT2D eigenvalue weighted by atomic mass is 35.5. The van der Waals surface area contributed by atoms with Crippen LogP contribution >= 0.6 is 11.6 Å². The molecule has 1 aromatic carbocycles. The van der Waals surface area contributed by atoms with E-state index in [0.29, 0.717) is 0 Å². The molecule has 0 atom stereocenters. The number of halogens is 1. The lowest BCUT2D eigenvalue weighted by molar-refractivity contribution is 0.195. The smallest absolute Gasteiger partial charge is 0.0587 e. The van der Waals surface area contributed by atoms with Crippen molar-refractivity contribution in [3.8, 4) is 0 Å². The number of hydrogen-bond acceptors (Lipinski definition) is 2. The average molecular weight is 270 g/mol. The minimum atomic E-state index is 0.165. The first-order valence-electron chi connectivity index (χ1n) is 6.64. The van der Waals surface area contributed by atoms with Crippen LogP contribution in [0.4, 0.5) is 0 Å². The van der Waals surface area contributed by atoms with E-state index in [-0.39, 0.29) is 5.41 Å². The van der Waals surface area contributed by atoms with E-state index in [0.717, 1.165) is 37.6 Å². The SMILES string of the molecule is CCC(CC)(CNCCOC)c1cccc(Cl)c1. The van der Waals surface area contributed by atoms with E-state index in [1.807, 2.05) is 12.1 Å². The molecule has 0 unspecified atom stereocenters. The van der Waals surface area contributed by atoms with E-state index in [2.05, 4.69) is 31.3 Å². The van der Waals surface area contributed by atoms with Gasteiger partial charge in [0, 0.05) is 30.6 Å². The topological polar surface area (TPSA) is 21.3 Å². The second-order valence-electron chi connectivity index (χ2n) is 4.67. The predicted molar refractivity (Wildman–Crippen MR) is 78.5 cm³/mol. The number of ether oxygens (including phenoxy) is 1. The van der Waals surface area contributed by atoms with Gasteiger partial charge in [0.1, 0.15) is 0 Å². The van der Waals surface area contributed by atoms with Gasteiger partial charge in [0.2, 0.25) is 0 Å². The van der Waals surface area contributed by atoms with Crippen LogP contribution in [0.15, 0.2) is 24.3 Å². The van der Waals surface area contributed by atoms with E-state index in [4.69, 9.17) is 16.3 Å². The lowest BCUT2D eigenvalue weighted by atomic mass is 9.76. The first-order chi connectivity index (χ1) is 8.68. The Balaban J connectivity index is 2.79. The molecular weight excluding hydrogens is 246 g/mol. The Labute approximate surface area is 116 Å². The molecule has 0 radical (unpaired) electrons. The maximum absolute atomic E-state index is 6.11. The van der Waals surface area contributed by atoms with Crippen LogP contribution in [0, 0.1) is 0 Å². The third kappa shape index (κ3) is 3.98. The summed E-state index contributed by atoms with van der Waals surface area (Å²) in [5.74, 6) is 0. The van der Waals surface area contributed by atoms with Gasteiger partial charge in [-0.3, -0.25) is 0 Å². The lowest BCUT2D eigenvalue weighted by Crippen LogP contribution is -2.38. The van der Waals surface area contributed by atoms with Crippen molar-refractivity contribution in [1.29, 1.82) is 0 Å². The van der Waals surface area contributed by atoms with Gasteiger partial charge in [0.05, 0.1) is 6.61 Å². The van der Waals surface area contributed by atoms with Crippen LogP contribution < -0.4 is 5.32 Å². The summed E-state index contributed by atoms with van der Waals surface area (Å²) in [6, 6.07) is 8.23. The molecule has 1 rings (SSSR count). The fourth-order valence-electron chi connectivity index (χ4n) is 2.33. The van der Waals surface area contributed by atoms with Crippen LogP contribution in [0.2, 0.25) is 5.02 Å². The van der Waals surface area contributed by atoms with Gasteiger partial charge in [-0.2, -0.15) is 0 Å². The molecule has 0 aliphatic rings. The molecule has 2 nitrogen and oxygen atoms in total. The van der Waals surface area contributed by atoms with Crippen molar-refractivity contribution in [3.63, 3.8) is 0 Å². The van der Waals surface area contributed by atoms with Crippen LogP contribution in [-0.4, -0.2) is 26.8 Å². The van der Waals surface area contributed by atoms with Crippen LogP contribution in [-0.2, 0) is 10.2 Å². The molecule has 0 saturated carbocycles. The minimum absolute atomic E-state index is 0.165. The summed E-state index contributed by atoms with van der Waals surface area (Å²) in [6.45, 7) is 7.08. The van der Waals surface area contributed by atoms with Crippen molar-refractivity contribution in [2.45, 2.75) is 32.1 Å². The molecule has 0 amide bonds. The Morgan fingerprint density at radius 1 is 1.28 bits per heavy atom. The lowest BCUT2D eigenvalue weighted by Gasteiger charge is -2.33. The molecule has 0 aromatic heterocycles. The van der Waals surface area contributed by atoms with Crippen molar-refractivity contribution in [3.05, 3.63) is 34.9 Å². The summed E-state index contributed by atoms with van der Waals surface area (Å²) in [6.07, 6.45) is 2.20. The summed E-state index contributed by atoms with van der Waals surface area (Å²) in [5, 5.41) is 4.29. The van der Waals surface area contributed by atoms with E-state index >= 15 is 0 Å². The first kappa shape index (κ1) is 15.5. The molecule has 0 saturated heterocycles. The third-order valence-electron chi connectivity index (χ3n) is 3.74. The molecular formula is C15H24ClNO. The minimum Gasteiger partial charge on any atom is -0.383 e. The molecule has 102 valence electrons. The molecule has 0 spiro atoms. The molecule has 18 heavy (non-hydrogen) atoms. The third-order valence-corrected chi connectivity index (χ3v) is 3.97. The Kier molecular flexibility index (Phi) is 6.69. The van der Waals surface area contributed by atoms with Gasteiger partial charge in [-0.15, -0.1) is 0 Å². The van der Waals surface area contributed by atoms with Gasteiger partial charge in [-0.1, -0.05) is 37.6 Å². The van der Waals surface area contributed by atoms with Gasteiger partial charge in [-0.05, 0) is 30.5 Å². The maximum Gasteiger partial charge on any atom is 0.0587 e. The van der Waals surface area contributed by atoms with Crippen molar-refractivity contribution < 1.29 is 4.74 Å². The van der Waals surface area contributed by atoms with Crippen molar-refractivity contribution in [2.75, 3.05) is 26.8 Å². The van der Waals surface area contributed by atoms with Gasteiger partial charge >= 0.3 is 0 Å². The van der Waals surface area contributed by atoms with Crippen LogP contribution in [0.3, 0.4) is 0 Å². The number of nitrogens with one attached hydrogen (secondary N) is 1. The summed E-state index contributed by atoms with van der Waals surface area (Å²) >= 11 is 6.11. The fourth-order valence-corrected chi connectivity index (χ4v) is 2.52. The molecule has 0 fully saturated rings. The number of methoxy groups -OCH3 is 1. The highest BCUT2D eigenvalue weighted by Gasteiger charge is 2.27. The zero-order chi connectivity index (χ0) is 13.4. The Morgan fingerprint density at radius 3 is 2.56 bits per heavy atom. The van der Waals surface area contributed by atoms with E-state index in [1.54, 1.807) is 7.11 Å². The Bertz CT molecular complexity index is 350. The normalized spacial score (nSPS) is 11.8. The molecule has 3 heteroatoms. The second-order valence-corrected chi connectivity index (χ2v) is 5.10. The van der Waals surface area contributed by atoms with Gasteiger partial charge in [0.25, 0.3) is 0 Å². The fraction of sp³-hybridized carbons (Fsp3) is 0.600. The second kappa shape index (κ2) is 7.78. The summed E-state index contributed by atoms with van der Waals surface area (Å²) in [4.78, 5) is 0. The maximum atomic E-state index is 6.11. The summed E-state index contributed by atoms with van der Waals surface area (Å²) in [5.41, 5.74) is 1.49. The molecule has 0 aliphatic heterocycles. The zero-order valence-corrected chi connectivity index (χ0v) is 12.4. The van der Waals surface area contributed by atoms with Gasteiger partial charge < -0.3 is 10.1 Å². The van der Waals surface area contributed by atoms with E-state index in [1.165, 1.54) is 5.56 Å². The average Bonchev–Trinajstić information content (AvgIpc) is 2.40. The van der Waals surface area contributed by atoms with Crippen molar-refractivity contribution >= 4 is 11.6 Å². The first-order valence-corrected chi connectivity index (χ1v) is 7.02. The largest absolute Gasteiger partial charge is 0.383 e. The number of benzene rings is 1. The quantitative estimate of drug-likeness (QED) is 0.728. The number of hydrogen-bond donors (Lipinski definition) is 1. The molecule has 0 heterocycles. The van der Waals surface area contributed by atoms with E-state index < -0.39 is 0 Å². The van der Waals surface area contributed by atoms with Crippen LogP contribution in [0.5, 0.6) is 0 Å². The van der Waals surface area contributed by atoms with Gasteiger partial charge in [0.15, 0.2) is 0 Å². The molecule has 0 bridgehead atoms. The van der Waals surface area contributed by atoms with Crippen LogP contribution in [0.25, 0.3) is 0 Å². The molecule has 1 N–H and O–H groups in total. The standard InChI is InChI=1S/C15H24ClNO/c1-4-15(5-2,12-17-9-10-18-3)13-7-6-8-14(16)11-13/h6-8,11,17H,4-5,9-10,12H2,1-3H3.